The van der Waals surface area contributed by atoms with Crippen molar-refractivity contribution in [3.05, 3.63) is 18.2 Å². The Hall–Kier alpha value is -1.75. The van der Waals surface area contributed by atoms with Crippen molar-refractivity contribution in [2.45, 2.75) is 19.4 Å². The Morgan fingerprint density at radius 1 is 1.53 bits per heavy atom. The second-order valence-corrected chi connectivity index (χ2v) is 4.99. The van der Waals surface area contributed by atoms with Crippen LogP contribution in [0.15, 0.2) is 18.2 Å². The Bertz CT molecular complexity index is 573. The number of fused-ring (bicyclic) bond motifs is 1. The van der Waals surface area contributed by atoms with Gasteiger partial charge in [0.1, 0.15) is 11.3 Å². The van der Waals surface area contributed by atoms with Gasteiger partial charge in [-0.1, -0.05) is 6.07 Å². The molecule has 19 heavy (non-hydrogen) atoms. The maximum absolute atomic E-state index is 6.05. The Labute approximate surface area is 112 Å². The maximum atomic E-state index is 6.05. The second kappa shape index (κ2) is 5.09. The lowest BCUT2D eigenvalue weighted by Crippen LogP contribution is -2.22. The van der Waals surface area contributed by atoms with Crippen molar-refractivity contribution in [3.63, 3.8) is 0 Å². The molecule has 2 aromatic rings. The molecule has 0 radical (unpaired) electrons. The van der Waals surface area contributed by atoms with Crippen LogP contribution in [0.3, 0.4) is 0 Å². The number of ether oxygens (including phenoxy) is 2. The summed E-state index contributed by atoms with van der Waals surface area (Å²) in [5.74, 6) is 1.83. The van der Waals surface area contributed by atoms with Crippen molar-refractivity contribution in [1.29, 1.82) is 0 Å². The van der Waals surface area contributed by atoms with Gasteiger partial charge in [0.25, 0.3) is 0 Å². The normalized spacial score (nSPS) is 19.7. The number of nitrogen functional groups attached to an aromatic ring is 1. The number of methoxy groups -OCH3 is 1. The van der Waals surface area contributed by atoms with E-state index in [0.29, 0.717) is 11.9 Å². The highest BCUT2D eigenvalue weighted by atomic mass is 16.5. The number of hydrogen-bond donors (Lipinski definition) is 1. The summed E-state index contributed by atoms with van der Waals surface area (Å²) < 4.78 is 12.9. The summed E-state index contributed by atoms with van der Waals surface area (Å²) in [6.45, 7) is 2.54. The standard InChI is InChI=1S/C14H19N3O2/c1-18-12-6-2-5-11-13(12)16-14(15)17(11)8-10-4-3-7-19-9-10/h2,5-6,10H,3-4,7-9H2,1H3,(H2,15,16). The molecule has 1 aromatic heterocycles. The van der Waals surface area contributed by atoms with E-state index in [2.05, 4.69) is 9.55 Å². The van der Waals surface area contributed by atoms with E-state index in [0.717, 1.165) is 43.0 Å². The third kappa shape index (κ3) is 2.26. The van der Waals surface area contributed by atoms with Crippen molar-refractivity contribution >= 4 is 17.0 Å². The molecule has 1 fully saturated rings. The first-order valence-corrected chi connectivity index (χ1v) is 6.66. The molecular formula is C14H19N3O2. The van der Waals surface area contributed by atoms with E-state index in [1.54, 1.807) is 7.11 Å². The fraction of sp³-hybridized carbons (Fsp3) is 0.500. The molecule has 5 nitrogen and oxygen atoms in total. The SMILES string of the molecule is COc1cccc2c1nc(N)n2CC1CCCOC1. The van der Waals surface area contributed by atoms with Gasteiger partial charge < -0.3 is 19.8 Å². The number of imidazole rings is 1. The quantitative estimate of drug-likeness (QED) is 0.918. The molecule has 2 N–H and O–H groups in total. The average molecular weight is 261 g/mol. The fourth-order valence-corrected chi connectivity index (χ4v) is 2.71. The Balaban J connectivity index is 1.96. The van der Waals surface area contributed by atoms with E-state index in [1.165, 1.54) is 6.42 Å². The molecule has 0 saturated carbocycles. The molecule has 5 heteroatoms. The largest absolute Gasteiger partial charge is 0.494 e. The molecule has 0 aliphatic carbocycles. The second-order valence-electron chi connectivity index (χ2n) is 4.99. The predicted octanol–water partition coefficient (Wildman–Crippen LogP) is 2.05. The summed E-state index contributed by atoms with van der Waals surface area (Å²) in [4.78, 5) is 4.42. The van der Waals surface area contributed by atoms with Crippen LogP contribution in [0.4, 0.5) is 5.95 Å². The number of aromatic nitrogens is 2. The van der Waals surface area contributed by atoms with Crippen molar-refractivity contribution in [1.82, 2.24) is 9.55 Å². The zero-order valence-electron chi connectivity index (χ0n) is 11.1. The summed E-state index contributed by atoms with van der Waals surface area (Å²) in [5.41, 5.74) is 7.91. The van der Waals surface area contributed by atoms with Crippen molar-refractivity contribution < 1.29 is 9.47 Å². The van der Waals surface area contributed by atoms with E-state index in [1.807, 2.05) is 18.2 Å². The third-order valence-corrected chi connectivity index (χ3v) is 3.69. The lowest BCUT2D eigenvalue weighted by molar-refractivity contribution is 0.0490. The zero-order valence-corrected chi connectivity index (χ0v) is 11.1. The third-order valence-electron chi connectivity index (χ3n) is 3.69. The number of rotatable bonds is 3. The van der Waals surface area contributed by atoms with Crippen molar-refractivity contribution in [2.75, 3.05) is 26.1 Å². The summed E-state index contributed by atoms with van der Waals surface area (Å²) in [5, 5.41) is 0. The first kappa shape index (κ1) is 12.3. The Kier molecular flexibility index (Phi) is 3.29. The monoisotopic (exact) mass is 261 g/mol. The summed E-state index contributed by atoms with van der Waals surface area (Å²) in [6, 6.07) is 5.91. The minimum Gasteiger partial charge on any atom is -0.494 e. The number of anilines is 1. The van der Waals surface area contributed by atoms with Crippen LogP contribution in [0.1, 0.15) is 12.8 Å². The van der Waals surface area contributed by atoms with Gasteiger partial charge in [-0.25, -0.2) is 4.98 Å². The molecule has 3 rings (SSSR count). The summed E-state index contributed by atoms with van der Waals surface area (Å²) in [7, 11) is 1.65. The van der Waals surface area contributed by atoms with Crippen LogP contribution >= 0.6 is 0 Å². The molecule has 1 aliphatic rings. The molecular weight excluding hydrogens is 242 g/mol. The predicted molar refractivity (Wildman–Crippen MR) is 74.2 cm³/mol. The lowest BCUT2D eigenvalue weighted by atomic mass is 10.0. The van der Waals surface area contributed by atoms with Gasteiger partial charge in [0.05, 0.1) is 19.2 Å². The summed E-state index contributed by atoms with van der Waals surface area (Å²) >= 11 is 0. The van der Waals surface area contributed by atoms with E-state index >= 15 is 0 Å². The average Bonchev–Trinajstić information content (AvgIpc) is 2.76. The molecule has 2 heterocycles. The fourth-order valence-electron chi connectivity index (χ4n) is 2.71. The number of benzene rings is 1. The van der Waals surface area contributed by atoms with Crippen LogP contribution in [0.25, 0.3) is 11.0 Å². The number of hydrogen-bond acceptors (Lipinski definition) is 4. The molecule has 1 saturated heterocycles. The minimum atomic E-state index is 0.514. The maximum Gasteiger partial charge on any atom is 0.201 e. The van der Waals surface area contributed by atoms with Crippen LogP contribution in [-0.4, -0.2) is 29.9 Å². The van der Waals surface area contributed by atoms with Gasteiger partial charge >= 0.3 is 0 Å². The summed E-state index contributed by atoms with van der Waals surface area (Å²) in [6.07, 6.45) is 2.31. The van der Waals surface area contributed by atoms with Crippen LogP contribution in [0.5, 0.6) is 5.75 Å². The molecule has 102 valence electrons. The van der Waals surface area contributed by atoms with E-state index in [9.17, 15) is 0 Å². The lowest BCUT2D eigenvalue weighted by Gasteiger charge is -2.23. The van der Waals surface area contributed by atoms with Crippen LogP contribution in [0, 0.1) is 5.92 Å². The highest BCUT2D eigenvalue weighted by Crippen LogP contribution is 2.28. The van der Waals surface area contributed by atoms with Gasteiger partial charge in [0.2, 0.25) is 5.95 Å². The topological polar surface area (TPSA) is 62.3 Å². The number of nitrogens with two attached hydrogens (primary N) is 1. The van der Waals surface area contributed by atoms with E-state index in [4.69, 9.17) is 15.2 Å². The molecule has 1 atom stereocenters. The van der Waals surface area contributed by atoms with Gasteiger partial charge in [-0.3, -0.25) is 0 Å². The molecule has 1 aromatic carbocycles. The molecule has 0 spiro atoms. The van der Waals surface area contributed by atoms with E-state index in [-0.39, 0.29) is 0 Å². The van der Waals surface area contributed by atoms with Crippen molar-refractivity contribution in [2.24, 2.45) is 5.92 Å². The smallest absolute Gasteiger partial charge is 0.201 e. The Morgan fingerprint density at radius 3 is 3.16 bits per heavy atom. The van der Waals surface area contributed by atoms with Gasteiger partial charge in [-0.05, 0) is 25.0 Å². The molecule has 1 aliphatic heterocycles. The van der Waals surface area contributed by atoms with Crippen LogP contribution in [-0.2, 0) is 11.3 Å². The zero-order chi connectivity index (χ0) is 13.2. The van der Waals surface area contributed by atoms with Gasteiger partial charge in [0, 0.05) is 19.1 Å². The molecule has 0 amide bonds. The van der Waals surface area contributed by atoms with Crippen molar-refractivity contribution in [3.8, 4) is 5.75 Å². The number of para-hydroxylation sites is 1. The van der Waals surface area contributed by atoms with Gasteiger partial charge in [-0.2, -0.15) is 0 Å². The highest BCUT2D eigenvalue weighted by molar-refractivity contribution is 5.84. The highest BCUT2D eigenvalue weighted by Gasteiger charge is 2.18. The minimum absolute atomic E-state index is 0.514. The Morgan fingerprint density at radius 2 is 2.42 bits per heavy atom. The molecule has 0 bridgehead atoms. The molecule has 1 unspecified atom stereocenters. The number of nitrogens with zero attached hydrogens (tertiary/aromatic N) is 2. The van der Waals surface area contributed by atoms with Gasteiger partial charge in [-0.15, -0.1) is 0 Å². The van der Waals surface area contributed by atoms with Crippen LogP contribution in [0.2, 0.25) is 0 Å². The van der Waals surface area contributed by atoms with E-state index < -0.39 is 0 Å². The first-order chi connectivity index (χ1) is 9.29. The first-order valence-electron chi connectivity index (χ1n) is 6.66. The van der Waals surface area contributed by atoms with Gasteiger partial charge in [0.15, 0.2) is 0 Å². The van der Waals surface area contributed by atoms with Crippen LogP contribution < -0.4 is 10.5 Å².